The summed E-state index contributed by atoms with van der Waals surface area (Å²) in [5.41, 5.74) is 11.3. The fraction of sp³-hybridized carbons (Fsp3) is 0.429. The molecule has 0 heterocycles. The van der Waals surface area contributed by atoms with Crippen molar-refractivity contribution in [2.75, 3.05) is 5.75 Å². The molecule has 0 saturated heterocycles. The zero-order valence-electron chi connectivity index (χ0n) is 18.7. The van der Waals surface area contributed by atoms with Gasteiger partial charge >= 0.3 is 11.9 Å². The van der Waals surface area contributed by atoms with Crippen LogP contribution in [0.25, 0.3) is 0 Å². The van der Waals surface area contributed by atoms with E-state index in [1.807, 2.05) is 0 Å². The van der Waals surface area contributed by atoms with Gasteiger partial charge in [0.1, 0.15) is 18.1 Å². The summed E-state index contributed by atoms with van der Waals surface area (Å²) in [6.45, 7) is 0. The molecular formula is C21H29N5O8S. The molecule has 4 unspecified atom stereocenters. The van der Waals surface area contributed by atoms with E-state index >= 15 is 0 Å². The molecule has 0 aliphatic carbocycles. The maximum Gasteiger partial charge on any atom is 0.326 e. The highest BCUT2D eigenvalue weighted by Crippen LogP contribution is 2.05. The Morgan fingerprint density at radius 2 is 1.40 bits per heavy atom. The summed E-state index contributed by atoms with van der Waals surface area (Å²) < 4.78 is 0. The Morgan fingerprint density at radius 1 is 0.857 bits per heavy atom. The molecule has 4 atom stereocenters. The Hall–Kier alpha value is -3.65. The molecule has 14 heteroatoms. The van der Waals surface area contributed by atoms with E-state index in [9.17, 15) is 33.9 Å². The molecular weight excluding hydrogens is 482 g/mol. The van der Waals surface area contributed by atoms with E-state index in [4.69, 9.17) is 16.6 Å². The van der Waals surface area contributed by atoms with Gasteiger partial charge in [-0.15, -0.1) is 0 Å². The lowest BCUT2D eigenvalue weighted by molar-refractivity contribution is -0.142. The highest BCUT2D eigenvalue weighted by molar-refractivity contribution is 7.80. The zero-order valence-corrected chi connectivity index (χ0v) is 19.6. The van der Waals surface area contributed by atoms with Crippen LogP contribution in [0.15, 0.2) is 30.3 Å². The number of carbonyl (C=O) groups excluding carboxylic acids is 4. The number of primary amides is 1. The first-order valence-corrected chi connectivity index (χ1v) is 11.1. The third-order valence-electron chi connectivity index (χ3n) is 4.76. The zero-order chi connectivity index (χ0) is 26.5. The van der Waals surface area contributed by atoms with E-state index in [0.29, 0.717) is 5.56 Å². The van der Waals surface area contributed by atoms with E-state index < -0.39 is 66.2 Å². The molecule has 0 aliphatic rings. The summed E-state index contributed by atoms with van der Waals surface area (Å²) in [6, 6.07) is 3.17. The summed E-state index contributed by atoms with van der Waals surface area (Å²) in [5.74, 6) is -6.29. The number of hydrogen-bond acceptors (Lipinski definition) is 8. The van der Waals surface area contributed by atoms with Gasteiger partial charge in [-0.2, -0.15) is 12.6 Å². The second-order valence-electron chi connectivity index (χ2n) is 7.60. The van der Waals surface area contributed by atoms with Gasteiger partial charge in [-0.1, -0.05) is 30.3 Å². The number of rotatable bonds is 15. The number of carbonyl (C=O) groups is 6. The number of hydrogen-bond donors (Lipinski definition) is 8. The number of carboxylic acids is 2. The summed E-state index contributed by atoms with van der Waals surface area (Å²) in [5, 5.41) is 25.2. The molecule has 0 spiro atoms. The second kappa shape index (κ2) is 14.6. The van der Waals surface area contributed by atoms with Crippen LogP contribution in [0.1, 0.15) is 24.8 Å². The fourth-order valence-electron chi connectivity index (χ4n) is 2.90. The molecule has 0 saturated carbocycles. The van der Waals surface area contributed by atoms with Crippen molar-refractivity contribution in [1.82, 2.24) is 16.0 Å². The molecule has 0 aliphatic heterocycles. The Balaban J connectivity index is 2.89. The van der Waals surface area contributed by atoms with Crippen molar-refractivity contribution in [3.63, 3.8) is 0 Å². The Labute approximate surface area is 206 Å². The maximum atomic E-state index is 12.8. The van der Waals surface area contributed by atoms with Crippen LogP contribution in [0.2, 0.25) is 0 Å². The number of aliphatic carboxylic acids is 2. The largest absolute Gasteiger partial charge is 0.481 e. The van der Waals surface area contributed by atoms with Crippen LogP contribution in [0, 0.1) is 0 Å². The topological polar surface area (TPSA) is 231 Å². The molecule has 1 aromatic carbocycles. The fourth-order valence-corrected chi connectivity index (χ4v) is 3.16. The first-order chi connectivity index (χ1) is 16.4. The van der Waals surface area contributed by atoms with Crippen LogP contribution < -0.4 is 27.4 Å². The third-order valence-corrected chi connectivity index (χ3v) is 5.12. The minimum atomic E-state index is -1.46. The standard InChI is InChI=1S/C21H29N5O8S/c22-12(9-17(28)29)18(30)24-13(6-7-16(23)27)19(31)26-15(10-35)20(32)25-14(21(33)34)8-11-4-2-1-3-5-11/h1-5,12-15,35H,6-10,22H2,(H2,23,27)(H,24,30)(H,25,32)(H,26,31)(H,28,29)(H,33,34). The quantitative estimate of drug-likeness (QED) is 0.119. The van der Waals surface area contributed by atoms with Crippen molar-refractivity contribution in [3.05, 3.63) is 35.9 Å². The van der Waals surface area contributed by atoms with Crippen molar-refractivity contribution >= 4 is 48.2 Å². The number of nitrogens with one attached hydrogen (secondary N) is 3. The number of benzene rings is 1. The van der Waals surface area contributed by atoms with Gasteiger partial charge in [0, 0.05) is 18.6 Å². The van der Waals surface area contributed by atoms with E-state index in [1.54, 1.807) is 30.3 Å². The van der Waals surface area contributed by atoms with Crippen molar-refractivity contribution in [3.8, 4) is 0 Å². The first kappa shape index (κ1) is 29.4. The molecule has 0 fully saturated rings. The summed E-state index contributed by atoms with van der Waals surface area (Å²) >= 11 is 4.03. The minimum absolute atomic E-state index is 0.00604. The Bertz CT molecular complexity index is 930. The van der Waals surface area contributed by atoms with Gasteiger partial charge in [-0.3, -0.25) is 24.0 Å². The van der Waals surface area contributed by atoms with Crippen LogP contribution in [-0.4, -0.2) is 75.7 Å². The first-order valence-electron chi connectivity index (χ1n) is 10.5. The summed E-state index contributed by atoms with van der Waals surface area (Å²) in [7, 11) is 0. The van der Waals surface area contributed by atoms with Crippen molar-refractivity contribution in [2.45, 2.75) is 49.9 Å². The van der Waals surface area contributed by atoms with Crippen LogP contribution in [0.5, 0.6) is 0 Å². The van der Waals surface area contributed by atoms with Crippen LogP contribution in [0.3, 0.4) is 0 Å². The number of carboxylic acid groups (broad SMARTS) is 2. The van der Waals surface area contributed by atoms with Crippen LogP contribution in [-0.2, 0) is 35.2 Å². The van der Waals surface area contributed by atoms with Gasteiger partial charge in [-0.05, 0) is 12.0 Å². The molecule has 192 valence electrons. The predicted octanol–water partition coefficient (Wildman–Crippen LogP) is -2.23. The van der Waals surface area contributed by atoms with E-state index in [2.05, 4.69) is 28.6 Å². The SMILES string of the molecule is NC(=O)CCC(NC(=O)C(N)CC(=O)O)C(=O)NC(CS)C(=O)NC(Cc1ccccc1)C(=O)O. The van der Waals surface area contributed by atoms with Gasteiger partial charge < -0.3 is 37.6 Å². The lowest BCUT2D eigenvalue weighted by atomic mass is 10.1. The second-order valence-corrected chi connectivity index (χ2v) is 7.97. The van der Waals surface area contributed by atoms with Crippen molar-refractivity contribution in [2.24, 2.45) is 11.5 Å². The third kappa shape index (κ3) is 10.9. The van der Waals surface area contributed by atoms with Crippen molar-refractivity contribution < 1.29 is 39.0 Å². The molecule has 9 N–H and O–H groups in total. The molecule has 13 nitrogen and oxygen atoms in total. The molecule has 0 radical (unpaired) electrons. The van der Waals surface area contributed by atoms with E-state index in [0.717, 1.165) is 0 Å². The minimum Gasteiger partial charge on any atom is -0.481 e. The van der Waals surface area contributed by atoms with Crippen molar-refractivity contribution in [1.29, 1.82) is 0 Å². The van der Waals surface area contributed by atoms with E-state index in [-0.39, 0.29) is 25.0 Å². The molecule has 0 aromatic heterocycles. The van der Waals surface area contributed by atoms with Crippen LogP contribution >= 0.6 is 12.6 Å². The van der Waals surface area contributed by atoms with Gasteiger partial charge in [0.2, 0.25) is 23.6 Å². The highest BCUT2D eigenvalue weighted by Gasteiger charge is 2.30. The summed E-state index contributed by atoms with van der Waals surface area (Å²) in [4.78, 5) is 71.1. The van der Waals surface area contributed by atoms with Gasteiger partial charge in [0.15, 0.2) is 0 Å². The van der Waals surface area contributed by atoms with E-state index in [1.165, 1.54) is 0 Å². The monoisotopic (exact) mass is 511 g/mol. The molecule has 1 aromatic rings. The highest BCUT2D eigenvalue weighted by atomic mass is 32.1. The number of nitrogens with two attached hydrogens (primary N) is 2. The number of thiol groups is 1. The lowest BCUT2D eigenvalue weighted by Gasteiger charge is -2.24. The number of amides is 4. The van der Waals surface area contributed by atoms with Crippen LogP contribution in [0.4, 0.5) is 0 Å². The normalized spacial score (nSPS) is 14.0. The average molecular weight is 512 g/mol. The predicted molar refractivity (Wildman–Crippen MR) is 126 cm³/mol. The molecule has 0 bridgehead atoms. The average Bonchev–Trinajstić information content (AvgIpc) is 2.79. The van der Waals surface area contributed by atoms with Gasteiger partial charge in [-0.25, -0.2) is 4.79 Å². The molecule has 4 amide bonds. The Kier molecular flexibility index (Phi) is 12.2. The lowest BCUT2D eigenvalue weighted by Crippen LogP contribution is -2.58. The smallest absolute Gasteiger partial charge is 0.326 e. The summed E-state index contributed by atoms with van der Waals surface area (Å²) in [6.07, 6.45) is -1.26. The Morgan fingerprint density at radius 3 is 1.91 bits per heavy atom. The van der Waals surface area contributed by atoms with Gasteiger partial charge in [0.25, 0.3) is 0 Å². The maximum absolute atomic E-state index is 12.8. The van der Waals surface area contributed by atoms with Gasteiger partial charge in [0.05, 0.1) is 12.5 Å². The molecule has 35 heavy (non-hydrogen) atoms. The molecule has 1 rings (SSSR count).